The first-order chi connectivity index (χ1) is 10.1. The van der Waals surface area contributed by atoms with Crippen LogP contribution in [0.5, 0.6) is 0 Å². The first kappa shape index (κ1) is 18.2. The number of nitrogens with one attached hydrogen (secondary N) is 1. The maximum absolute atomic E-state index is 4.92. The van der Waals surface area contributed by atoms with E-state index < -0.39 is 0 Å². The molecule has 1 aromatic heterocycles. The molecule has 122 valence electrons. The van der Waals surface area contributed by atoms with E-state index in [1.54, 1.807) is 0 Å². The number of nitrogens with zero attached hydrogens (tertiary/aromatic N) is 2. The minimum absolute atomic E-state index is 0.457. The van der Waals surface area contributed by atoms with Crippen molar-refractivity contribution < 1.29 is 0 Å². The van der Waals surface area contributed by atoms with Crippen molar-refractivity contribution >= 4 is 0 Å². The minimum atomic E-state index is 0.457. The molecule has 1 unspecified atom stereocenters. The SMILES string of the molecule is CCNC(CC)c1c(CC)nn(CCCC(C)C)c1CC. The van der Waals surface area contributed by atoms with Gasteiger partial charge in [0.1, 0.15) is 0 Å². The number of aromatic nitrogens is 2. The van der Waals surface area contributed by atoms with Crippen LogP contribution in [0, 0.1) is 5.92 Å². The molecule has 1 aromatic rings. The van der Waals surface area contributed by atoms with Gasteiger partial charge in [0.2, 0.25) is 0 Å². The third-order valence-electron chi connectivity index (χ3n) is 4.20. The van der Waals surface area contributed by atoms with Crippen molar-refractivity contribution in [3.8, 4) is 0 Å². The third-order valence-corrected chi connectivity index (χ3v) is 4.20. The van der Waals surface area contributed by atoms with E-state index in [2.05, 4.69) is 51.5 Å². The molecule has 0 amide bonds. The fourth-order valence-electron chi connectivity index (χ4n) is 3.13. The highest BCUT2D eigenvalue weighted by molar-refractivity contribution is 5.30. The largest absolute Gasteiger partial charge is 0.310 e. The first-order valence-corrected chi connectivity index (χ1v) is 8.90. The fraction of sp³-hybridized carbons (Fsp3) is 0.833. The number of rotatable bonds is 10. The van der Waals surface area contributed by atoms with Gasteiger partial charge >= 0.3 is 0 Å². The molecule has 0 aliphatic rings. The Bertz CT molecular complexity index is 407. The van der Waals surface area contributed by atoms with E-state index in [1.165, 1.54) is 29.8 Å². The van der Waals surface area contributed by atoms with Gasteiger partial charge in [-0.1, -0.05) is 41.5 Å². The molecular formula is C18H35N3. The average Bonchev–Trinajstić information content (AvgIpc) is 2.82. The molecule has 1 heterocycles. The van der Waals surface area contributed by atoms with Crippen molar-refractivity contribution in [1.29, 1.82) is 0 Å². The Labute approximate surface area is 131 Å². The zero-order valence-corrected chi connectivity index (χ0v) is 15.0. The molecule has 1 rings (SSSR count). The monoisotopic (exact) mass is 293 g/mol. The lowest BCUT2D eigenvalue weighted by Crippen LogP contribution is -2.22. The standard InChI is InChI=1S/C18H35N3/c1-7-15(19-10-4)18-16(8-2)20-21(17(18)9-3)13-11-12-14(5)6/h14-15,19H,7-13H2,1-6H3. The van der Waals surface area contributed by atoms with Gasteiger partial charge in [-0.05, 0) is 44.6 Å². The summed E-state index contributed by atoms with van der Waals surface area (Å²) in [7, 11) is 0. The molecule has 1 atom stereocenters. The van der Waals surface area contributed by atoms with Crippen molar-refractivity contribution in [2.24, 2.45) is 5.92 Å². The summed E-state index contributed by atoms with van der Waals surface area (Å²) in [6, 6.07) is 0.457. The van der Waals surface area contributed by atoms with Crippen molar-refractivity contribution in [2.45, 2.75) is 86.2 Å². The van der Waals surface area contributed by atoms with Crippen LogP contribution in [0.2, 0.25) is 0 Å². The predicted octanol–water partition coefficient (Wildman–Crippen LogP) is 4.50. The smallest absolute Gasteiger partial charge is 0.0672 e. The van der Waals surface area contributed by atoms with Gasteiger partial charge in [-0.25, -0.2) is 0 Å². The normalized spacial score (nSPS) is 13.1. The van der Waals surface area contributed by atoms with Gasteiger partial charge in [0.15, 0.2) is 0 Å². The van der Waals surface area contributed by atoms with Crippen LogP contribution in [-0.4, -0.2) is 16.3 Å². The highest BCUT2D eigenvalue weighted by Crippen LogP contribution is 2.26. The third kappa shape index (κ3) is 4.84. The Morgan fingerprint density at radius 2 is 1.81 bits per heavy atom. The Kier molecular flexibility index (Phi) is 8.02. The van der Waals surface area contributed by atoms with E-state index in [4.69, 9.17) is 5.10 Å². The summed E-state index contributed by atoms with van der Waals surface area (Å²) in [5, 5.41) is 8.56. The molecule has 0 spiro atoms. The van der Waals surface area contributed by atoms with Gasteiger partial charge in [0.05, 0.1) is 5.69 Å². The molecule has 0 fully saturated rings. The number of hydrogen-bond acceptors (Lipinski definition) is 2. The highest BCUT2D eigenvalue weighted by atomic mass is 15.3. The second kappa shape index (κ2) is 9.24. The van der Waals surface area contributed by atoms with Gasteiger partial charge in [0.25, 0.3) is 0 Å². The van der Waals surface area contributed by atoms with Crippen molar-refractivity contribution in [1.82, 2.24) is 15.1 Å². The zero-order chi connectivity index (χ0) is 15.8. The van der Waals surface area contributed by atoms with Crippen molar-refractivity contribution in [2.75, 3.05) is 6.54 Å². The van der Waals surface area contributed by atoms with Crippen LogP contribution in [0.25, 0.3) is 0 Å². The molecule has 0 aliphatic carbocycles. The second-order valence-electron chi connectivity index (χ2n) is 6.29. The molecule has 3 heteroatoms. The second-order valence-corrected chi connectivity index (χ2v) is 6.29. The summed E-state index contributed by atoms with van der Waals surface area (Å²) in [5.74, 6) is 0.779. The predicted molar refractivity (Wildman–Crippen MR) is 91.8 cm³/mol. The Balaban J connectivity index is 3.02. The van der Waals surface area contributed by atoms with E-state index >= 15 is 0 Å². The van der Waals surface area contributed by atoms with E-state index in [0.717, 1.165) is 38.3 Å². The van der Waals surface area contributed by atoms with E-state index in [0.29, 0.717) is 6.04 Å². The zero-order valence-electron chi connectivity index (χ0n) is 15.0. The number of hydrogen-bond donors (Lipinski definition) is 1. The topological polar surface area (TPSA) is 29.9 Å². The maximum Gasteiger partial charge on any atom is 0.0672 e. The number of aryl methyl sites for hydroxylation is 2. The van der Waals surface area contributed by atoms with Crippen molar-refractivity contribution in [3.63, 3.8) is 0 Å². The van der Waals surface area contributed by atoms with Crippen LogP contribution >= 0.6 is 0 Å². The van der Waals surface area contributed by atoms with Crippen LogP contribution in [0.1, 0.15) is 83.8 Å². The maximum atomic E-state index is 4.92. The Morgan fingerprint density at radius 1 is 1.10 bits per heavy atom. The van der Waals surface area contributed by atoms with Crippen LogP contribution < -0.4 is 5.32 Å². The Morgan fingerprint density at radius 3 is 2.29 bits per heavy atom. The highest BCUT2D eigenvalue weighted by Gasteiger charge is 2.21. The molecule has 0 saturated heterocycles. The van der Waals surface area contributed by atoms with Gasteiger partial charge in [-0.2, -0.15) is 5.10 Å². The summed E-state index contributed by atoms with van der Waals surface area (Å²) >= 11 is 0. The van der Waals surface area contributed by atoms with Gasteiger partial charge < -0.3 is 5.32 Å². The lowest BCUT2D eigenvalue weighted by molar-refractivity contribution is 0.476. The summed E-state index contributed by atoms with van der Waals surface area (Å²) in [5.41, 5.74) is 4.22. The van der Waals surface area contributed by atoms with Gasteiger partial charge in [0, 0.05) is 23.8 Å². The molecule has 0 radical (unpaired) electrons. The molecule has 3 nitrogen and oxygen atoms in total. The van der Waals surface area contributed by atoms with Crippen LogP contribution in [-0.2, 0) is 19.4 Å². The van der Waals surface area contributed by atoms with Crippen LogP contribution in [0.3, 0.4) is 0 Å². The quantitative estimate of drug-likeness (QED) is 0.688. The Hall–Kier alpha value is -0.830. The van der Waals surface area contributed by atoms with Crippen molar-refractivity contribution in [3.05, 3.63) is 17.0 Å². The minimum Gasteiger partial charge on any atom is -0.310 e. The molecule has 1 N–H and O–H groups in total. The lowest BCUT2D eigenvalue weighted by Gasteiger charge is -2.18. The summed E-state index contributed by atoms with van der Waals surface area (Å²) in [6.45, 7) is 15.6. The van der Waals surface area contributed by atoms with Crippen LogP contribution in [0.15, 0.2) is 0 Å². The molecule has 0 bridgehead atoms. The van der Waals surface area contributed by atoms with Gasteiger partial charge in [-0.15, -0.1) is 0 Å². The summed E-state index contributed by atoms with van der Waals surface area (Å²) in [6.07, 6.45) is 5.75. The summed E-state index contributed by atoms with van der Waals surface area (Å²) < 4.78 is 2.29. The van der Waals surface area contributed by atoms with E-state index in [9.17, 15) is 0 Å². The summed E-state index contributed by atoms with van der Waals surface area (Å²) in [4.78, 5) is 0. The molecule has 21 heavy (non-hydrogen) atoms. The molecule has 0 saturated carbocycles. The molecule has 0 aliphatic heterocycles. The van der Waals surface area contributed by atoms with E-state index in [1.807, 2.05) is 0 Å². The lowest BCUT2D eigenvalue weighted by atomic mass is 9.99. The van der Waals surface area contributed by atoms with E-state index in [-0.39, 0.29) is 0 Å². The molecular weight excluding hydrogens is 258 g/mol. The van der Waals surface area contributed by atoms with Gasteiger partial charge in [-0.3, -0.25) is 4.68 Å². The van der Waals surface area contributed by atoms with Crippen LogP contribution in [0.4, 0.5) is 0 Å². The first-order valence-electron chi connectivity index (χ1n) is 8.90. The average molecular weight is 293 g/mol. The fourth-order valence-corrected chi connectivity index (χ4v) is 3.13. The molecule has 0 aromatic carbocycles.